The van der Waals surface area contributed by atoms with Crippen molar-refractivity contribution in [2.24, 2.45) is 5.73 Å². The molecule has 1 nitrogen and oxygen atoms in total. The molecule has 0 rings (SSSR count). The molecule has 0 bridgehead atoms. The SMILES string of the molecule is NC=CC=S. The number of nitrogens with two attached hydrogens (primary N) is 1. The number of rotatable bonds is 1. The Morgan fingerprint density at radius 2 is 2.20 bits per heavy atom. The fraction of sp³-hybridized carbons (Fsp3) is 0. The molecule has 0 saturated carbocycles. The van der Waals surface area contributed by atoms with Crippen molar-refractivity contribution >= 4 is 17.6 Å². The monoisotopic (exact) mass is 87.0 g/mol. The standard InChI is InChI=1S/C3H5NS/c4-2-1-3-5/h1-3H,4H2. The Morgan fingerprint density at radius 3 is 2.20 bits per heavy atom. The van der Waals surface area contributed by atoms with E-state index in [1.54, 1.807) is 6.08 Å². The molecule has 0 aromatic heterocycles. The number of allylic oxidation sites excluding steroid dienone is 1. The highest BCUT2D eigenvalue weighted by atomic mass is 32.1. The van der Waals surface area contributed by atoms with E-state index in [2.05, 4.69) is 12.2 Å². The Bertz CT molecular complexity index is 48.9. The predicted molar refractivity (Wildman–Crippen MR) is 27.0 cm³/mol. The second-order valence-electron chi connectivity index (χ2n) is 0.521. The molecule has 0 atom stereocenters. The molecule has 0 heterocycles. The summed E-state index contributed by atoms with van der Waals surface area (Å²) >= 11 is 4.36. The number of hydrogen-bond donors (Lipinski definition) is 1. The molecule has 0 aliphatic carbocycles. The maximum atomic E-state index is 4.86. The van der Waals surface area contributed by atoms with Crippen molar-refractivity contribution in [1.29, 1.82) is 0 Å². The minimum Gasteiger partial charge on any atom is -0.405 e. The summed E-state index contributed by atoms with van der Waals surface area (Å²) < 4.78 is 0. The van der Waals surface area contributed by atoms with Gasteiger partial charge in [0, 0.05) is 5.37 Å². The van der Waals surface area contributed by atoms with Crippen molar-refractivity contribution in [3.63, 3.8) is 0 Å². The van der Waals surface area contributed by atoms with Crippen LogP contribution in [0.3, 0.4) is 0 Å². The van der Waals surface area contributed by atoms with E-state index in [0.717, 1.165) is 0 Å². The molecule has 2 N–H and O–H groups in total. The van der Waals surface area contributed by atoms with Crippen LogP contribution in [-0.2, 0) is 0 Å². The summed E-state index contributed by atoms with van der Waals surface area (Å²) in [6.07, 6.45) is 2.99. The van der Waals surface area contributed by atoms with Crippen LogP contribution in [0.4, 0.5) is 0 Å². The second kappa shape index (κ2) is 3.63. The Morgan fingerprint density at radius 1 is 1.60 bits per heavy atom. The van der Waals surface area contributed by atoms with Crippen molar-refractivity contribution in [3.05, 3.63) is 12.3 Å². The zero-order valence-corrected chi connectivity index (χ0v) is 3.53. The van der Waals surface area contributed by atoms with Crippen molar-refractivity contribution in [2.45, 2.75) is 0 Å². The molecule has 0 aromatic carbocycles. The van der Waals surface area contributed by atoms with E-state index in [1.807, 2.05) is 0 Å². The van der Waals surface area contributed by atoms with Crippen LogP contribution in [0.2, 0.25) is 0 Å². The van der Waals surface area contributed by atoms with Gasteiger partial charge in [0.25, 0.3) is 0 Å². The molecule has 28 valence electrons. The predicted octanol–water partition coefficient (Wildman–Crippen LogP) is 0.459. The third kappa shape index (κ3) is 3.63. The number of hydrogen-bond acceptors (Lipinski definition) is 2. The van der Waals surface area contributed by atoms with Crippen LogP contribution in [0.15, 0.2) is 12.3 Å². The quantitative estimate of drug-likeness (QED) is 0.371. The van der Waals surface area contributed by atoms with Gasteiger partial charge in [0.1, 0.15) is 0 Å². The van der Waals surface area contributed by atoms with Gasteiger partial charge in [-0.05, 0) is 12.3 Å². The largest absolute Gasteiger partial charge is 0.405 e. The van der Waals surface area contributed by atoms with Crippen molar-refractivity contribution in [2.75, 3.05) is 0 Å². The fourth-order valence-electron chi connectivity index (χ4n) is 0.0454. The summed E-state index contributed by atoms with van der Waals surface area (Å²) in [4.78, 5) is 0. The molecule has 0 fully saturated rings. The van der Waals surface area contributed by atoms with Crippen molar-refractivity contribution < 1.29 is 0 Å². The molecule has 2 heteroatoms. The first-order valence-corrected chi connectivity index (χ1v) is 1.71. The van der Waals surface area contributed by atoms with Crippen molar-refractivity contribution in [3.8, 4) is 0 Å². The van der Waals surface area contributed by atoms with Crippen LogP contribution in [0, 0.1) is 0 Å². The van der Waals surface area contributed by atoms with Crippen LogP contribution in [0.1, 0.15) is 0 Å². The van der Waals surface area contributed by atoms with Crippen LogP contribution in [0.25, 0.3) is 0 Å². The summed E-state index contributed by atoms with van der Waals surface area (Å²) in [5.74, 6) is 0. The van der Waals surface area contributed by atoms with Crippen molar-refractivity contribution in [1.82, 2.24) is 0 Å². The Hall–Kier alpha value is -0.370. The first kappa shape index (κ1) is 4.63. The van der Waals surface area contributed by atoms with Crippen LogP contribution >= 0.6 is 12.2 Å². The van der Waals surface area contributed by atoms with Gasteiger partial charge in [0.05, 0.1) is 0 Å². The zero-order valence-electron chi connectivity index (χ0n) is 2.72. The van der Waals surface area contributed by atoms with E-state index in [0.29, 0.717) is 0 Å². The summed E-state index contributed by atoms with van der Waals surface area (Å²) in [7, 11) is 0. The summed E-state index contributed by atoms with van der Waals surface area (Å²) in [6.45, 7) is 0. The van der Waals surface area contributed by atoms with Gasteiger partial charge in [-0.25, -0.2) is 0 Å². The average Bonchev–Trinajstić information content (AvgIpc) is 1.41. The minimum atomic E-state index is 1.40. The van der Waals surface area contributed by atoms with Gasteiger partial charge in [-0.2, -0.15) is 0 Å². The van der Waals surface area contributed by atoms with Gasteiger partial charge in [-0.3, -0.25) is 0 Å². The van der Waals surface area contributed by atoms with E-state index in [4.69, 9.17) is 5.73 Å². The van der Waals surface area contributed by atoms with Gasteiger partial charge in [-0.1, -0.05) is 12.2 Å². The molecule has 0 unspecified atom stereocenters. The third-order valence-corrected chi connectivity index (χ3v) is 0.347. The first-order chi connectivity index (χ1) is 2.41. The fourth-order valence-corrected chi connectivity index (χ4v) is 0.136. The molecule has 0 amide bonds. The van der Waals surface area contributed by atoms with Crippen LogP contribution < -0.4 is 5.73 Å². The molecule has 0 aromatic rings. The Balaban J connectivity index is 2.92. The average molecular weight is 87.1 g/mol. The third-order valence-electron chi connectivity index (χ3n) is 0.190. The second-order valence-corrected chi connectivity index (χ2v) is 0.793. The van der Waals surface area contributed by atoms with Crippen LogP contribution in [0.5, 0.6) is 0 Å². The lowest BCUT2D eigenvalue weighted by atomic mass is 10.7. The molecule has 0 radical (unpaired) electrons. The van der Waals surface area contributed by atoms with E-state index >= 15 is 0 Å². The first-order valence-electron chi connectivity index (χ1n) is 1.24. The van der Waals surface area contributed by atoms with Gasteiger partial charge < -0.3 is 5.73 Å². The highest BCUT2D eigenvalue weighted by Crippen LogP contribution is 1.51. The highest BCUT2D eigenvalue weighted by Gasteiger charge is 1.43. The Labute approximate surface area is 36.5 Å². The zero-order chi connectivity index (χ0) is 4.12. The normalized spacial score (nSPS) is 8.80. The lowest BCUT2D eigenvalue weighted by Gasteiger charge is -1.56. The van der Waals surface area contributed by atoms with Gasteiger partial charge in [0.2, 0.25) is 0 Å². The highest BCUT2D eigenvalue weighted by molar-refractivity contribution is 7.79. The molecule has 0 aliphatic rings. The van der Waals surface area contributed by atoms with E-state index in [-0.39, 0.29) is 0 Å². The molecular weight excluding hydrogens is 82.1 g/mol. The maximum absolute atomic E-state index is 4.86. The topological polar surface area (TPSA) is 26.0 Å². The minimum absolute atomic E-state index is 1.40. The molecule has 0 spiro atoms. The summed E-state index contributed by atoms with van der Waals surface area (Å²) in [5, 5.41) is 1.46. The molecule has 0 saturated heterocycles. The lowest BCUT2D eigenvalue weighted by molar-refractivity contribution is 1.63. The molecule has 5 heavy (non-hydrogen) atoms. The van der Waals surface area contributed by atoms with Gasteiger partial charge >= 0.3 is 0 Å². The van der Waals surface area contributed by atoms with Crippen LogP contribution in [-0.4, -0.2) is 5.37 Å². The molecule has 0 aliphatic heterocycles. The lowest BCUT2D eigenvalue weighted by Crippen LogP contribution is -1.73. The maximum Gasteiger partial charge on any atom is 0.00277 e. The number of thiocarbonyl (C=S) groups is 1. The Kier molecular flexibility index (Phi) is 3.36. The van der Waals surface area contributed by atoms with E-state index in [9.17, 15) is 0 Å². The van der Waals surface area contributed by atoms with E-state index < -0.39 is 0 Å². The van der Waals surface area contributed by atoms with Gasteiger partial charge in [0.15, 0.2) is 0 Å². The smallest absolute Gasteiger partial charge is 0.00277 e. The summed E-state index contributed by atoms with van der Waals surface area (Å²) in [5.41, 5.74) is 4.86. The molecular formula is C3H5NS. The summed E-state index contributed by atoms with van der Waals surface area (Å²) in [6, 6.07) is 0. The van der Waals surface area contributed by atoms with Gasteiger partial charge in [-0.15, -0.1) is 0 Å². The van der Waals surface area contributed by atoms with E-state index in [1.165, 1.54) is 11.6 Å².